The summed E-state index contributed by atoms with van der Waals surface area (Å²) in [5.41, 5.74) is 0.630. The number of nitrogens with zero attached hydrogens (tertiary/aromatic N) is 2. The number of ether oxygens (including phenoxy) is 1. The molecule has 0 fully saturated rings. The van der Waals surface area contributed by atoms with E-state index in [-0.39, 0.29) is 17.7 Å². The zero-order chi connectivity index (χ0) is 15.2. The van der Waals surface area contributed by atoms with E-state index in [1.54, 1.807) is 19.1 Å². The molecule has 0 bridgehead atoms. The molecule has 112 valence electrons. The lowest BCUT2D eigenvalue weighted by molar-refractivity contribution is -0.145. The Balaban J connectivity index is 2.23. The van der Waals surface area contributed by atoms with E-state index in [0.29, 0.717) is 24.4 Å². The van der Waals surface area contributed by atoms with E-state index in [4.69, 9.17) is 9.26 Å². The number of esters is 1. The highest BCUT2D eigenvalue weighted by molar-refractivity contribution is 5.76. The predicted molar refractivity (Wildman–Crippen MR) is 74.0 cm³/mol. The highest BCUT2D eigenvalue weighted by Gasteiger charge is 2.27. The van der Waals surface area contributed by atoms with Crippen molar-refractivity contribution in [1.29, 1.82) is 0 Å². The monoisotopic (exact) mass is 292 g/mol. The fraction of sp³-hybridized carbons (Fsp3) is 0.400. The molecule has 2 aromatic rings. The van der Waals surface area contributed by atoms with Gasteiger partial charge < -0.3 is 9.26 Å². The van der Waals surface area contributed by atoms with Crippen LogP contribution in [0.3, 0.4) is 0 Å². The van der Waals surface area contributed by atoms with Crippen molar-refractivity contribution >= 4 is 5.97 Å². The number of benzene rings is 1. The van der Waals surface area contributed by atoms with Gasteiger partial charge in [0.25, 0.3) is 0 Å². The molecule has 5 nitrogen and oxygen atoms in total. The van der Waals surface area contributed by atoms with Gasteiger partial charge in [-0.3, -0.25) is 4.79 Å². The van der Waals surface area contributed by atoms with Crippen LogP contribution < -0.4 is 0 Å². The van der Waals surface area contributed by atoms with Crippen LogP contribution in [-0.4, -0.2) is 22.7 Å². The first-order valence-corrected chi connectivity index (χ1v) is 6.91. The maximum atomic E-state index is 12.9. The van der Waals surface area contributed by atoms with E-state index < -0.39 is 5.92 Å². The smallest absolute Gasteiger partial charge is 0.318 e. The van der Waals surface area contributed by atoms with Crippen LogP contribution in [0.4, 0.5) is 4.39 Å². The fourth-order valence-corrected chi connectivity index (χ4v) is 1.97. The molecule has 0 radical (unpaired) electrons. The Morgan fingerprint density at radius 1 is 1.33 bits per heavy atom. The Hall–Kier alpha value is -2.24. The van der Waals surface area contributed by atoms with E-state index in [9.17, 15) is 9.18 Å². The van der Waals surface area contributed by atoms with Crippen LogP contribution in [0.2, 0.25) is 0 Å². The summed E-state index contributed by atoms with van der Waals surface area (Å²) in [5.74, 6) is -0.701. The number of carbonyl (C=O) groups excluding carboxylic acids is 1. The molecule has 1 aromatic carbocycles. The number of carbonyl (C=O) groups is 1. The van der Waals surface area contributed by atoms with Crippen molar-refractivity contribution in [3.8, 4) is 11.4 Å². The standard InChI is InChI=1S/C15H17FN2O3/c1-3-5-12(15(19)20-4-2)14-17-13(18-21-14)10-6-8-11(16)9-7-10/h6-9,12H,3-5H2,1-2H3. The van der Waals surface area contributed by atoms with E-state index in [1.165, 1.54) is 12.1 Å². The Morgan fingerprint density at radius 2 is 2.05 bits per heavy atom. The van der Waals surface area contributed by atoms with Gasteiger partial charge in [0.1, 0.15) is 11.7 Å². The van der Waals surface area contributed by atoms with Gasteiger partial charge in [0.15, 0.2) is 0 Å². The Morgan fingerprint density at radius 3 is 2.67 bits per heavy atom. The van der Waals surface area contributed by atoms with Gasteiger partial charge >= 0.3 is 5.97 Å². The Bertz CT molecular complexity index is 595. The van der Waals surface area contributed by atoms with Gasteiger partial charge in [-0.05, 0) is 37.6 Å². The third kappa shape index (κ3) is 3.65. The van der Waals surface area contributed by atoms with Crippen molar-refractivity contribution in [2.24, 2.45) is 0 Å². The van der Waals surface area contributed by atoms with Gasteiger partial charge in [-0.25, -0.2) is 4.39 Å². The van der Waals surface area contributed by atoms with Crippen LogP contribution in [0, 0.1) is 5.82 Å². The van der Waals surface area contributed by atoms with Gasteiger partial charge in [-0.1, -0.05) is 18.5 Å². The topological polar surface area (TPSA) is 65.2 Å². The van der Waals surface area contributed by atoms with Gasteiger partial charge in [-0.15, -0.1) is 0 Å². The second-order valence-electron chi connectivity index (χ2n) is 4.56. The minimum atomic E-state index is -0.559. The van der Waals surface area contributed by atoms with E-state index in [2.05, 4.69) is 10.1 Å². The third-order valence-electron chi connectivity index (χ3n) is 2.99. The molecule has 2 rings (SSSR count). The van der Waals surface area contributed by atoms with Crippen LogP contribution >= 0.6 is 0 Å². The van der Waals surface area contributed by atoms with Gasteiger partial charge in [-0.2, -0.15) is 4.98 Å². The molecular weight excluding hydrogens is 275 g/mol. The minimum absolute atomic E-state index is 0.231. The average molecular weight is 292 g/mol. The highest BCUT2D eigenvalue weighted by Crippen LogP contribution is 2.24. The Labute approximate surface area is 122 Å². The van der Waals surface area contributed by atoms with E-state index >= 15 is 0 Å². The van der Waals surface area contributed by atoms with Crippen LogP contribution in [0.25, 0.3) is 11.4 Å². The van der Waals surface area contributed by atoms with E-state index in [0.717, 1.165) is 6.42 Å². The molecule has 0 aliphatic carbocycles. The molecule has 6 heteroatoms. The normalized spacial score (nSPS) is 12.1. The molecule has 21 heavy (non-hydrogen) atoms. The Kier molecular flexibility index (Phi) is 5.03. The summed E-state index contributed by atoms with van der Waals surface area (Å²) in [5, 5.41) is 3.85. The van der Waals surface area contributed by atoms with Crippen LogP contribution in [0.5, 0.6) is 0 Å². The maximum Gasteiger partial charge on any atom is 0.318 e. The number of halogens is 1. The summed E-state index contributed by atoms with van der Waals surface area (Å²) in [7, 11) is 0. The number of hydrogen-bond donors (Lipinski definition) is 0. The van der Waals surface area contributed by atoms with Gasteiger partial charge in [0, 0.05) is 5.56 Å². The van der Waals surface area contributed by atoms with Crippen molar-refractivity contribution in [2.45, 2.75) is 32.6 Å². The lowest BCUT2D eigenvalue weighted by atomic mass is 10.0. The number of hydrogen-bond acceptors (Lipinski definition) is 5. The van der Waals surface area contributed by atoms with Crippen LogP contribution in [-0.2, 0) is 9.53 Å². The third-order valence-corrected chi connectivity index (χ3v) is 2.99. The van der Waals surface area contributed by atoms with Crippen molar-refractivity contribution in [3.05, 3.63) is 36.0 Å². The lowest BCUT2D eigenvalue weighted by Gasteiger charge is -2.09. The molecule has 0 spiro atoms. The SMILES string of the molecule is CCCC(C(=O)OCC)c1nc(-c2ccc(F)cc2)no1. The van der Waals surface area contributed by atoms with Crippen molar-refractivity contribution < 1.29 is 18.4 Å². The number of aromatic nitrogens is 2. The molecule has 1 heterocycles. The molecular formula is C15H17FN2O3. The molecule has 0 amide bonds. The summed E-state index contributed by atoms with van der Waals surface area (Å²) in [6.07, 6.45) is 1.36. The van der Waals surface area contributed by atoms with E-state index in [1.807, 2.05) is 6.92 Å². The highest BCUT2D eigenvalue weighted by atomic mass is 19.1. The summed E-state index contributed by atoms with van der Waals surface area (Å²) < 4.78 is 23.1. The molecule has 0 N–H and O–H groups in total. The van der Waals surface area contributed by atoms with Crippen molar-refractivity contribution in [3.63, 3.8) is 0 Å². The second-order valence-corrected chi connectivity index (χ2v) is 4.56. The first-order valence-electron chi connectivity index (χ1n) is 6.91. The molecule has 1 aromatic heterocycles. The summed E-state index contributed by atoms with van der Waals surface area (Å²) in [6.45, 7) is 4.01. The lowest BCUT2D eigenvalue weighted by Crippen LogP contribution is -2.16. The first kappa shape index (κ1) is 15.2. The fourth-order valence-electron chi connectivity index (χ4n) is 1.97. The predicted octanol–water partition coefficient (Wildman–Crippen LogP) is 3.32. The van der Waals surface area contributed by atoms with Gasteiger partial charge in [0.2, 0.25) is 11.7 Å². The zero-order valence-electron chi connectivity index (χ0n) is 12.0. The molecule has 0 aliphatic rings. The first-order chi connectivity index (χ1) is 10.2. The minimum Gasteiger partial charge on any atom is -0.465 e. The summed E-state index contributed by atoms with van der Waals surface area (Å²) in [4.78, 5) is 16.2. The molecule has 0 saturated heterocycles. The molecule has 1 unspecified atom stereocenters. The summed E-state index contributed by atoms with van der Waals surface area (Å²) >= 11 is 0. The van der Waals surface area contributed by atoms with Gasteiger partial charge in [0.05, 0.1) is 6.61 Å². The molecule has 0 saturated carbocycles. The average Bonchev–Trinajstić information content (AvgIpc) is 2.95. The van der Waals surface area contributed by atoms with Crippen molar-refractivity contribution in [2.75, 3.05) is 6.61 Å². The molecule has 0 aliphatic heterocycles. The zero-order valence-corrected chi connectivity index (χ0v) is 12.0. The van der Waals surface area contributed by atoms with Crippen molar-refractivity contribution in [1.82, 2.24) is 10.1 Å². The maximum absolute atomic E-state index is 12.9. The van der Waals surface area contributed by atoms with Crippen LogP contribution in [0.1, 0.15) is 38.5 Å². The quantitative estimate of drug-likeness (QED) is 0.764. The second kappa shape index (κ2) is 6.97. The summed E-state index contributed by atoms with van der Waals surface area (Å²) in [6, 6.07) is 5.76. The van der Waals surface area contributed by atoms with Crippen LogP contribution in [0.15, 0.2) is 28.8 Å². The largest absolute Gasteiger partial charge is 0.465 e. The number of rotatable bonds is 6. The molecule has 1 atom stereocenters.